The highest BCUT2D eigenvalue weighted by molar-refractivity contribution is 5.77. The fourth-order valence-corrected chi connectivity index (χ4v) is 3.00. The fourth-order valence-electron chi connectivity index (χ4n) is 3.00. The summed E-state index contributed by atoms with van der Waals surface area (Å²) in [6.07, 6.45) is 2.27. The average molecular weight is 349 g/mol. The maximum atomic E-state index is 12.6. The minimum Gasteiger partial charge on any atom is -0.371 e. The molecule has 2 aromatic heterocycles. The average Bonchev–Trinajstić information content (AvgIpc) is 3.32. The number of nitrogens with zero attached hydrogens (tertiary/aromatic N) is 5. The lowest BCUT2D eigenvalue weighted by Crippen LogP contribution is -2.31. The smallest absolute Gasteiger partial charge is 0.227 e. The van der Waals surface area contributed by atoms with Crippen molar-refractivity contribution >= 4 is 5.91 Å². The van der Waals surface area contributed by atoms with E-state index in [0.29, 0.717) is 49.4 Å². The highest BCUT2D eigenvalue weighted by Gasteiger charge is 2.33. The summed E-state index contributed by atoms with van der Waals surface area (Å²) in [4.78, 5) is 22.9. The Hall–Kier alpha value is -2.29. The molecule has 25 heavy (non-hydrogen) atoms. The lowest BCUT2D eigenvalue weighted by Gasteiger charge is -2.21. The number of likely N-dealkylation sites (tertiary alicyclic amines) is 1. The van der Waals surface area contributed by atoms with Gasteiger partial charge in [-0.25, -0.2) is 0 Å². The van der Waals surface area contributed by atoms with Crippen molar-refractivity contribution in [3.8, 4) is 0 Å². The lowest BCUT2D eigenvalue weighted by atomic mass is 10.2. The first-order chi connectivity index (χ1) is 12.1. The zero-order valence-electron chi connectivity index (χ0n) is 14.8. The number of aromatic nitrogens is 4. The molecular formula is C16H23N5O4. The van der Waals surface area contributed by atoms with Crippen LogP contribution in [0.3, 0.4) is 0 Å². The third kappa shape index (κ3) is 4.04. The Morgan fingerprint density at radius 3 is 2.92 bits per heavy atom. The van der Waals surface area contributed by atoms with E-state index in [-0.39, 0.29) is 18.1 Å². The van der Waals surface area contributed by atoms with Crippen LogP contribution < -0.4 is 0 Å². The molecule has 0 aliphatic carbocycles. The van der Waals surface area contributed by atoms with Crippen LogP contribution in [-0.4, -0.2) is 44.2 Å². The molecule has 0 aromatic carbocycles. The topological polar surface area (TPSA) is 107 Å². The zero-order valence-corrected chi connectivity index (χ0v) is 14.8. The van der Waals surface area contributed by atoms with Crippen molar-refractivity contribution in [2.45, 2.75) is 58.6 Å². The summed E-state index contributed by atoms with van der Waals surface area (Å²) in [5.74, 6) is 2.07. The zero-order chi connectivity index (χ0) is 17.8. The molecule has 0 unspecified atom stereocenters. The second kappa shape index (κ2) is 7.73. The molecule has 136 valence electrons. The van der Waals surface area contributed by atoms with Crippen molar-refractivity contribution in [3.63, 3.8) is 0 Å². The lowest BCUT2D eigenvalue weighted by molar-refractivity contribution is -0.132. The Morgan fingerprint density at radius 1 is 1.36 bits per heavy atom. The van der Waals surface area contributed by atoms with Gasteiger partial charge in [-0.2, -0.15) is 9.97 Å². The minimum absolute atomic E-state index is 0.0301. The third-order valence-corrected chi connectivity index (χ3v) is 4.23. The van der Waals surface area contributed by atoms with Gasteiger partial charge in [0.05, 0.1) is 6.04 Å². The van der Waals surface area contributed by atoms with Crippen molar-refractivity contribution in [3.05, 3.63) is 23.4 Å². The summed E-state index contributed by atoms with van der Waals surface area (Å²) < 4.78 is 15.7. The summed E-state index contributed by atoms with van der Waals surface area (Å²) in [6.45, 7) is 6.80. The molecule has 0 N–H and O–H groups in total. The second-order valence-electron chi connectivity index (χ2n) is 6.06. The number of carbonyl (C=O) groups excluding carboxylic acids is 1. The van der Waals surface area contributed by atoms with Gasteiger partial charge in [0.1, 0.15) is 6.10 Å². The maximum absolute atomic E-state index is 12.6. The molecule has 0 radical (unpaired) electrons. The summed E-state index contributed by atoms with van der Waals surface area (Å²) in [7, 11) is 0. The summed E-state index contributed by atoms with van der Waals surface area (Å²) in [6, 6.07) is -0.110. The Kier molecular flexibility index (Phi) is 5.42. The number of rotatable bonds is 7. The van der Waals surface area contributed by atoms with Gasteiger partial charge >= 0.3 is 0 Å². The van der Waals surface area contributed by atoms with E-state index >= 15 is 0 Å². The first kappa shape index (κ1) is 17.5. The van der Waals surface area contributed by atoms with Gasteiger partial charge in [-0.3, -0.25) is 4.79 Å². The van der Waals surface area contributed by atoms with Gasteiger partial charge in [0.2, 0.25) is 17.7 Å². The molecule has 1 amide bonds. The number of aryl methyl sites for hydroxylation is 2. The predicted octanol–water partition coefficient (Wildman–Crippen LogP) is 2.15. The normalized spacial score (nSPS) is 18.7. The Labute approximate surface area is 145 Å². The van der Waals surface area contributed by atoms with E-state index in [1.807, 2.05) is 18.7 Å². The maximum Gasteiger partial charge on any atom is 0.227 e. The van der Waals surface area contributed by atoms with E-state index in [0.717, 1.165) is 12.8 Å². The molecule has 9 heteroatoms. The molecule has 0 bridgehead atoms. The van der Waals surface area contributed by atoms with E-state index in [1.165, 1.54) is 0 Å². The number of hydrogen-bond acceptors (Lipinski definition) is 8. The highest BCUT2D eigenvalue weighted by atomic mass is 16.5. The molecule has 2 atom stereocenters. The van der Waals surface area contributed by atoms with Gasteiger partial charge in [0.15, 0.2) is 11.6 Å². The molecule has 0 spiro atoms. The number of hydrogen-bond donors (Lipinski definition) is 0. The third-order valence-electron chi connectivity index (χ3n) is 4.23. The molecule has 9 nitrogen and oxygen atoms in total. The second-order valence-corrected chi connectivity index (χ2v) is 6.06. The van der Waals surface area contributed by atoms with Gasteiger partial charge in [-0.15, -0.1) is 0 Å². The molecule has 2 aromatic rings. The largest absolute Gasteiger partial charge is 0.371 e. The number of amides is 1. The molecule has 1 saturated heterocycles. The van der Waals surface area contributed by atoms with Crippen molar-refractivity contribution in [1.29, 1.82) is 0 Å². The monoisotopic (exact) mass is 349 g/mol. The summed E-state index contributed by atoms with van der Waals surface area (Å²) in [5, 5.41) is 7.86. The summed E-state index contributed by atoms with van der Waals surface area (Å²) >= 11 is 0. The number of ether oxygens (including phenoxy) is 1. The Bertz CT molecular complexity index is 713. The van der Waals surface area contributed by atoms with E-state index in [4.69, 9.17) is 13.8 Å². The van der Waals surface area contributed by atoms with Crippen LogP contribution in [0.5, 0.6) is 0 Å². The predicted molar refractivity (Wildman–Crippen MR) is 85.4 cm³/mol. The van der Waals surface area contributed by atoms with E-state index in [9.17, 15) is 4.79 Å². The highest BCUT2D eigenvalue weighted by Crippen LogP contribution is 2.30. The Balaban J connectivity index is 1.57. The van der Waals surface area contributed by atoms with Crippen LogP contribution in [-0.2, 0) is 16.0 Å². The SMILES string of the molecule is CCO[C@H](C)c1noc(CCC(=O)N2CCC[C@H]2c2noc(C)n2)n1. The standard InChI is InChI=1S/C16H23N5O4/c1-4-23-10(2)15-18-13(25-19-15)7-8-14(22)21-9-5-6-12(21)16-17-11(3)24-20-16/h10,12H,4-9H2,1-3H3/t10-,12+/m1/s1. The van der Waals surface area contributed by atoms with Crippen molar-refractivity contribution in [2.24, 2.45) is 0 Å². The van der Waals surface area contributed by atoms with Crippen LogP contribution in [0.1, 0.15) is 68.7 Å². The van der Waals surface area contributed by atoms with Gasteiger partial charge in [-0.05, 0) is 26.7 Å². The van der Waals surface area contributed by atoms with Crippen LogP contribution in [0.15, 0.2) is 9.05 Å². The van der Waals surface area contributed by atoms with Gasteiger partial charge in [0, 0.05) is 32.9 Å². The van der Waals surface area contributed by atoms with Crippen LogP contribution in [0.4, 0.5) is 0 Å². The van der Waals surface area contributed by atoms with Crippen LogP contribution in [0, 0.1) is 6.92 Å². The van der Waals surface area contributed by atoms with Crippen molar-refractivity contribution in [1.82, 2.24) is 25.2 Å². The van der Waals surface area contributed by atoms with Gasteiger partial charge in [0.25, 0.3) is 0 Å². The van der Waals surface area contributed by atoms with Crippen LogP contribution in [0.2, 0.25) is 0 Å². The van der Waals surface area contributed by atoms with E-state index < -0.39 is 0 Å². The van der Waals surface area contributed by atoms with E-state index in [2.05, 4.69) is 20.3 Å². The first-order valence-electron chi connectivity index (χ1n) is 8.62. The fraction of sp³-hybridized carbons (Fsp3) is 0.688. The molecule has 1 aliphatic heterocycles. The summed E-state index contributed by atoms with van der Waals surface area (Å²) in [5.41, 5.74) is 0. The van der Waals surface area contributed by atoms with Gasteiger partial charge < -0.3 is 18.7 Å². The van der Waals surface area contributed by atoms with Crippen LogP contribution in [0.25, 0.3) is 0 Å². The minimum atomic E-state index is -0.220. The van der Waals surface area contributed by atoms with Gasteiger partial charge in [-0.1, -0.05) is 10.3 Å². The molecule has 1 aliphatic rings. The molecular weight excluding hydrogens is 326 g/mol. The quantitative estimate of drug-likeness (QED) is 0.748. The van der Waals surface area contributed by atoms with Crippen LogP contribution >= 0.6 is 0 Å². The van der Waals surface area contributed by atoms with E-state index in [1.54, 1.807) is 6.92 Å². The van der Waals surface area contributed by atoms with Crippen molar-refractivity contribution in [2.75, 3.05) is 13.2 Å². The first-order valence-corrected chi connectivity index (χ1v) is 8.62. The van der Waals surface area contributed by atoms with Crippen molar-refractivity contribution < 1.29 is 18.6 Å². The molecule has 3 heterocycles. The molecule has 0 saturated carbocycles. The molecule has 1 fully saturated rings. The molecule has 3 rings (SSSR count). The number of carbonyl (C=O) groups is 1. The Morgan fingerprint density at radius 2 is 2.20 bits per heavy atom.